The first-order chi connectivity index (χ1) is 10.0. The average Bonchev–Trinajstić information content (AvgIpc) is 2.74. The Kier molecular flexibility index (Phi) is 7.36. The number of hydrogen-bond acceptors (Lipinski definition) is 3. The lowest BCUT2D eigenvalue weighted by atomic mass is 9.89. The van der Waals surface area contributed by atoms with Crippen LogP contribution in [0.25, 0.3) is 0 Å². The van der Waals surface area contributed by atoms with Crippen LogP contribution in [0.4, 0.5) is 0 Å². The maximum atomic E-state index is 12.8. The zero-order chi connectivity index (χ0) is 15.4. The molecule has 2 atom stereocenters. The molecule has 1 aliphatic heterocycles. The molecule has 0 aliphatic carbocycles. The highest BCUT2D eigenvalue weighted by molar-refractivity contribution is 5.85. The first-order valence-corrected chi connectivity index (χ1v) is 7.97. The molecule has 0 radical (unpaired) electrons. The van der Waals surface area contributed by atoms with Crippen molar-refractivity contribution in [3.05, 3.63) is 18.0 Å². The highest BCUT2D eigenvalue weighted by Gasteiger charge is 2.28. The summed E-state index contributed by atoms with van der Waals surface area (Å²) in [5, 5.41) is 7.31. The van der Waals surface area contributed by atoms with Crippen LogP contribution in [0.15, 0.2) is 12.4 Å². The number of nitrogens with one attached hydrogen (secondary N) is 1. The van der Waals surface area contributed by atoms with Crippen molar-refractivity contribution in [2.75, 3.05) is 20.1 Å². The summed E-state index contributed by atoms with van der Waals surface area (Å²) < 4.78 is 1.74. The number of aromatic nitrogens is 2. The number of carbonyl (C=O) groups is 1. The Morgan fingerprint density at radius 2 is 2.09 bits per heavy atom. The predicted octanol–water partition coefficient (Wildman–Crippen LogP) is 2.39. The molecule has 0 aromatic carbocycles. The lowest BCUT2D eigenvalue weighted by Crippen LogP contribution is -2.40. The van der Waals surface area contributed by atoms with Gasteiger partial charge in [-0.1, -0.05) is 13.8 Å². The van der Waals surface area contributed by atoms with Crippen molar-refractivity contribution in [1.29, 1.82) is 0 Å². The SMILES string of the molecule is CNC(C(=O)N1CCCC(C(C)C)CC1)c1cnn(C)c1.Cl. The molecule has 1 amide bonds. The molecule has 2 heterocycles. The van der Waals surface area contributed by atoms with Crippen LogP contribution < -0.4 is 5.32 Å². The van der Waals surface area contributed by atoms with E-state index >= 15 is 0 Å². The number of likely N-dealkylation sites (N-methyl/N-ethyl adjacent to an activating group) is 1. The summed E-state index contributed by atoms with van der Waals surface area (Å²) >= 11 is 0. The Hall–Kier alpha value is -1.07. The van der Waals surface area contributed by atoms with Crippen LogP contribution in [0.5, 0.6) is 0 Å². The third-order valence-corrected chi connectivity index (χ3v) is 4.62. The van der Waals surface area contributed by atoms with Gasteiger partial charge in [-0.25, -0.2) is 0 Å². The fraction of sp³-hybridized carbons (Fsp3) is 0.750. The average molecular weight is 329 g/mol. The number of halogens is 1. The number of nitrogens with zero attached hydrogens (tertiary/aromatic N) is 3. The number of hydrogen-bond donors (Lipinski definition) is 1. The molecule has 1 aliphatic rings. The van der Waals surface area contributed by atoms with E-state index in [0.717, 1.165) is 37.4 Å². The van der Waals surface area contributed by atoms with E-state index in [-0.39, 0.29) is 24.4 Å². The van der Waals surface area contributed by atoms with Crippen LogP contribution in [-0.4, -0.2) is 40.7 Å². The van der Waals surface area contributed by atoms with Crippen LogP contribution in [0.1, 0.15) is 44.7 Å². The summed E-state index contributed by atoms with van der Waals surface area (Å²) in [4.78, 5) is 14.8. The van der Waals surface area contributed by atoms with E-state index in [4.69, 9.17) is 0 Å². The summed E-state index contributed by atoms with van der Waals surface area (Å²) in [6, 6.07) is -0.283. The van der Waals surface area contributed by atoms with Gasteiger partial charge >= 0.3 is 0 Å². The minimum absolute atomic E-state index is 0. The topological polar surface area (TPSA) is 50.2 Å². The van der Waals surface area contributed by atoms with E-state index in [1.807, 2.05) is 25.2 Å². The summed E-state index contributed by atoms with van der Waals surface area (Å²) in [5.74, 6) is 1.63. The van der Waals surface area contributed by atoms with Gasteiger partial charge in [-0.3, -0.25) is 9.48 Å². The summed E-state index contributed by atoms with van der Waals surface area (Å²) in [6.07, 6.45) is 7.14. The maximum absolute atomic E-state index is 12.8. The molecule has 0 spiro atoms. The van der Waals surface area contributed by atoms with Gasteiger partial charge in [0.05, 0.1) is 6.20 Å². The van der Waals surface area contributed by atoms with Gasteiger partial charge in [0.1, 0.15) is 6.04 Å². The van der Waals surface area contributed by atoms with Crippen molar-refractivity contribution in [3.8, 4) is 0 Å². The maximum Gasteiger partial charge on any atom is 0.244 e. The Balaban J connectivity index is 0.00000242. The first-order valence-electron chi connectivity index (χ1n) is 7.97. The van der Waals surface area contributed by atoms with Crippen LogP contribution in [0.2, 0.25) is 0 Å². The van der Waals surface area contributed by atoms with Crippen molar-refractivity contribution in [1.82, 2.24) is 20.0 Å². The molecule has 1 fully saturated rings. The number of amides is 1. The lowest BCUT2D eigenvalue weighted by Gasteiger charge is -2.26. The molecule has 0 bridgehead atoms. The number of rotatable bonds is 4. The van der Waals surface area contributed by atoms with Crippen molar-refractivity contribution in [2.45, 2.75) is 39.2 Å². The van der Waals surface area contributed by atoms with Gasteiger partial charge in [0.25, 0.3) is 0 Å². The summed E-state index contributed by atoms with van der Waals surface area (Å²) in [6.45, 7) is 6.32. The molecule has 5 nitrogen and oxygen atoms in total. The molecular weight excluding hydrogens is 300 g/mol. The van der Waals surface area contributed by atoms with E-state index in [9.17, 15) is 4.79 Å². The quantitative estimate of drug-likeness (QED) is 0.923. The van der Waals surface area contributed by atoms with E-state index in [1.54, 1.807) is 10.9 Å². The van der Waals surface area contributed by atoms with Crippen LogP contribution in [-0.2, 0) is 11.8 Å². The molecule has 126 valence electrons. The van der Waals surface area contributed by atoms with Crippen molar-refractivity contribution in [2.24, 2.45) is 18.9 Å². The molecule has 22 heavy (non-hydrogen) atoms. The van der Waals surface area contributed by atoms with Crippen LogP contribution >= 0.6 is 12.4 Å². The van der Waals surface area contributed by atoms with Crippen LogP contribution in [0.3, 0.4) is 0 Å². The van der Waals surface area contributed by atoms with Gasteiger partial charge in [0, 0.05) is 31.9 Å². The molecule has 1 N–H and O–H groups in total. The molecule has 2 unspecified atom stereocenters. The zero-order valence-corrected chi connectivity index (χ0v) is 14.9. The Morgan fingerprint density at radius 3 is 2.64 bits per heavy atom. The van der Waals surface area contributed by atoms with E-state index < -0.39 is 0 Å². The van der Waals surface area contributed by atoms with Gasteiger partial charge in [-0.15, -0.1) is 12.4 Å². The van der Waals surface area contributed by atoms with E-state index in [0.29, 0.717) is 5.92 Å². The van der Waals surface area contributed by atoms with Crippen molar-refractivity contribution >= 4 is 18.3 Å². The molecule has 1 aromatic heterocycles. The van der Waals surface area contributed by atoms with Gasteiger partial charge in [-0.2, -0.15) is 5.10 Å². The Labute approximate surface area is 139 Å². The minimum Gasteiger partial charge on any atom is -0.341 e. The second kappa shape index (κ2) is 8.53. The van der Waals surface area contributed by atoms with Gasteiger partial charge in [-0.05, 0) is 38.1 Å². The normalized spacial score (nSPS) is 20.4. The largest absolute Gasteiger partial charge is 0.341 e. The molecule has 6 heteroatoms. The van der Waals surface area contributed by atoms with E-state index in [2.05, 4.69) is 24.3 Å². The second-order valence-corrected chi connectivity index (χ2v) is 6.43. The molecule has 1 saturated heterocycles. The number of aryl methyl sites for hydroxylation is 1. The number of carbonyl (C=O) groups excluding carboxylic acids is 1. The zero-order valence-electron chi connectivity index (χ0n) is 14.1. The third-order valence-electron chi connectivity index (χ3n) is 4.62. The first kappa shape index (κ1) is 19.0. The van der Waals surface area contributed by atoms with Gasteiger partial charge < -0.3 is 10.2 Å². The summed E-state index contributed by atoms with van der Waals surface area (Å²) in [5.41, 5.74) is 0.939. The third kappa shape index (κ3) is 4.46. The van der Waals surface area contributed by atoms with Crippen molar-refractivity contribution < 1.29 is 4.79 Å². The fourth-order valence-electron chi connectivity index (χ4n) is 3.21. The lowest BCUT2D eigenvalue weighted by molar-refractivity contribution is -0.133. The second-order valence-electron chi connectivity index (χ2n) is 6.43. The molecule has 0 saturated carbocycles. The monoisotopic (exact) mass is 328 g/mol. The van der Waals surface area contributed by atoms with E-state index in [1.165, 1.54) is 6.42 Å². The highest BCUT2D eigenvalue weighted by atomic mass is 35.5. The smallest absolute Gasteiger partial charge is 0.244 e. The number of likely N-dealkylation sites (tertiary alicyclic amines) is 1. The van der Waals surface area contributed by atoms with Crippen LogP contribution in [0, 0.1) is 11.8 Å². The highest BCUT2D eigenvalue weighted by Crippen LogP contribution is 2.26. The Morgan fingerprint density at radius 1 is 1.36 bits per heavy atom. The van der Waals surface area contributed by atoms with Gasteiger partial charge in [0.15, 0.2) is 0 Å². The molecule has 1 aromatic rings. The fourth-order valence-corrected chi connectivity index (χ4v) is 3.21. The standard InChI is InChI=1S/C16H28N4O.ClH/c1-12(2)13-6-5-8-20(9-7-13)16(21)15(17-3)14-10-18-19(4)11-14;/h10-13,15,17H,5-9H2,1-4H3;1H. The Bertz CT molecular complexity index is 474. The molecular formula is C16H29ClN4O. The van der Waals surface area contributed by atoms with Crippen molar-refractivity contribution in [3.63, 3.8) is 0 Å². The molecule has 2 rings (SSSR count). The minimum atomic E-state index is -0.283. The van der Waals surface area contributed by atoms with Gasteiger partial charge in [0.2, 0.25) is 5.91 Å². The summed E-state index contributed by atoms with van der Waals surface area (Å²) in [7, 11) is 3.71. The predicted molar refractivity (Wildman–Crippen MR) is 91.0 cm³/mol.